The van der Waals surface area contributed by atoms with Crippen molar-refractivity contribution in [1.29, 1.82) is 0 Å². The molecule has 0 unspecified atom stereocenters. The minimum absolute atomic E-state index is 0.224. The number of ether oxygens (including phenoxy) is 1. The van der Waals surface area contributed by atoms with Crippen LogP contribution in [-0.4, -0.2) is 77.8 Å². The molecule has 1 aliphatic carbocycles. The highest BCUT2D eigenvalue weighted by Gasteiger charge is 2.47. The Morgan fingerprint density at radius 2 is 1.62 bits per heavy atom. The SMILES string of the molecule is CC(C)(C)OC(=O)N1CCN(c2cnc(-c3nc([C@@](C)(c4ccc(-c5cnc(N)nc5)nc4)C4CC4)no3)cn2)CC1. The van der Waals surface area contributed by atoms with Crippen molar-refractivity contribution in [2.45, 2.75) is 51.6 Å². The van der Waals surface area contributed by atoms with E-state index in [1.54, 1.807) is 29.7 Å². The number of pyridine rings is 1. The molecule has 0 bridgehead atoms. The zero-order valence-corrected chi connectivity index (χ0v) is 24.2. The zero-order valence-electron chi connectivity index (χ0n) is 24.2. The molecule has 1 saturated heterocycles. The van der Waals surface area contributed by atoms with Gasteiger partial charge in [0.15, 0.2) is 5.82 Å². The van der Waals surface area contributed by atoms with Crippen molar-refractivity contribution in [3.63, 3.8) is 0 Å². The fourth-order valence-electron chi connectivity index (χ4n) is 5.13. The van der Waals surface area contributed by atoms with E-state index in [9.17, 15) is 4.79 Å². The fourth-order valence-corrected chi connectivity index (χ4v) is 5.13. The summed E-state index contributed by atoms with van der Waals surface area (Å²) >= 11 is 0. The molecule has 13 nitrogen and oxygen atoms in total. The van der Waals surface area contributed by atoms with Crippen LogP contribution in [0, 0.1) is 5.92 Å². The Morgan fingerprint density at radius 1 is 0.905 bits per heavy atom. The van der Waals surface area contributed by atoms with Crippen LogP contribution in [0.15, 0.2) is 47.6 Å². The average Bonchev–Trinajstić information content (AvgIpc) is 3.73. The van der Waals surface area contributed by atoms with Gasteiger partial charge in [0.1, 0.15) is 17.1 Å². The van der Waals surface area contributed by atoms with Gasteiger partial charge in [-0.2, -0.15) is 4.98 Å². The molecule has 0 radical (unpaired) electrons. The number of anilines is 2. The Hall–Kier alpha value is -4.68. The first kappa shape index (κ1) is 27.5. The molecule has 0 spiro atoms. The summed E-state index contributed by atoms with van der Waals surface area (Å²) < 4.78 is 11.2. The first-order valence-electron chi connectivity index (χ1n) is 14.0. The molecule has 0 aromatic carbocycles. The lowest BCUT2D eigenvalue weighted by Crippen LogP contribution is -2.50. The van der Waals surface area contributed by atoms with Crippen LogP contribution in [0.2, 0.25) is 0 Å². The van der Waals surface area contributed by atoms with Crippen molar-refractivity contribution >= 4 is 17.9 Å². The highest BCUT2D eigenvalue weighted by atomic mass is 16.6. The van der Waals surface area contributed by atoms with Gasteiger partial charge >= 0.3 is 6.09 Å². The smallest absolute Gasteiger partial charge is 0.410 e. The summed E-state index contributed by atoms with van der Waals surface area (Å²) in [6, 6.07) is 3.99. The Bertz CT molecular complexity index is 1540. The van der Waals surface area contributed by atoms with Crippen LogP contribution >= 0.6 is 0 Å². The lowest BCUT2D eigenvalue weighted by Gasteiger charge is -2.36. The van der Waals surface area contributed by atoms with Crippen molar-refractivity contribution in [2.24, 2.45) is 5.92 Å². The van der Waals surface area contributed by atoms with E-state index in [-0.39, 0.29) is 12.0 Å². The van der Waals surface area contributed by atoms with Gasteiger partial charge in [-0.3, -0.25) is 4.98 Å². The topological polar surface area (TPSA) is 162 Å². The quantitative estimate of drug-likeness (QED) is 0.358. The lowest BCUT2D eigenvalue weighted by molar-refractivity contribution is 0.0240. The van der Waals surface area contributed by atoms with Crippen molar-refractivity contribution in [1.82, 2.24) is 40.0 Å². The van der Waals surface area contributed by atoms with Crippen LogP contribution in [0.4, 0.5) is 16.6 Å². The van der Waals surface area contributed by atoms with Gasteiger partial charge in [-0.15, -0.1) is 0 Å². The van der Waals surface area contributed by atoms with Crippen molar-refractivity contribution in [3.05, 3.63) is 54.5 Å². The molecule has 6 rings (SSSR count). The number of hydrogen-bond donors (Lipinski definition) is 1. The molecule has 2 N–H and O–H groups in total. The van der Waals surface area contributed by atoms with E-state index < -0.39 is 11.0 Å². The van der Waals surface area contributed by atoms with E-state index >= 15 is 0 Å². The number of carbonyl (C=O) groups excluding carboxylic acids is 1. The summed E-state index contributed by atoms with van der Waals surface area (Å²) in [4.78, 5) is 42.9. The number of carbonyl (C=O) groups is 1. The molecule has 1 atom stereocenters. The number of rotatable bonds is 6. The Labute approximate surface area is 243 Å². The first-order chi connectivity index (χ1) is 20.1. The van der Waals surface area contributed by atoms with E-state index in [1.807, 2.05) is 39.1 Å². The van der Waals surface area contributed by atoms with Gasteiger partial charge in [-0.1, -0.05) is 11.2 Å². The van der Waals surface area contributed by atoms with E-state index in [2.05, 4.69) is 41.9 Å². The third-order valence-corrected chi connectivity index (χ3v) is 7.73. The molecule has 4 aromatic heterocycles. The Balaban J connectivity index is 1.15. The Kier molecular flexibility index (Phi) is 6.95. The summed E-state index contributed by atoms with van der Waals surface area (Å²) in [6.07, 6.45) is 10.4. The predicted octanol–water partition coefficient (Wildman–Crippen LogP) is 3.73. The van der Waals surface area contributed by atoms with Gasteiger partial charge in [0.05, 0.1) is 23.5 Å². The van der Waals surface area contributed by atoms with E-state index in [1.165, 1.54) is 0 Å². The van der Waals surface area contributed by atoms with Crippen molar-refractivity contribution in [3.8, 4) is 22.8 Å². The minimum Gasteiger partial charge on any atom is -0.444 e. The summed E-state index contributed by atoms with van der Waals surface area (Å²) in [5.41, 5.74) is 7.68. The fraction of sp³-hybridized carbons (Fsp3) is 0.448. The summed E-state index contributed by atoms with van der Waals surface area (Å²) in [7, 11) is 0. The number of hydrogen-bond acceptors (Lipinski definition) is 12. The number of amides is 1. The van der Waals surface area contributed by atoms with E-state index in [0.717, 1.165) is 35.5 Å². The van der Waals surface area contributed by atoms with Crippen LogP contribution in [0.3, 0.4) is 0 Å². The zero-order chi connectivity index (χ0) is 29.5. The lowest BCUT2D eigenvalue weighted by atomic mass is 9.77. The maximum absolute atomic E-state index is 12.4. The van der Waals surface area contributed by atoms with Crippen LogP contribution in [0.5, 0.6) is 0 Å². The molecule has 2 fully saturated rings. The standard InChI is InChI=1S/C29H34N10O3/c1-28(2,3)41-27(40)39-11-9-38(10-12-39)23-17-32-22(16-33-23)24-36-25(37-42-24)29(4,19-5-6-19)20-7-8-21(31-15-20)18-13-34-26(30)35-14-18/h7-8,13-17,19H,5-6,9-12H2,1-4H3,(H2,30,34,35)/t29-/m1/s1. The van der Waals surface area contributed by atoms with Crippen LogP contribution in [0.1, 0.15) is 51.9 Å². The minimum atomic E-state index is -0.518. The second kappa shape index (κ2) is 10.6. The number of aromatic nitrogens is 7. The molecule has 1 saturated carbocycles. The molecule has 13 heteroatoms. The Morgan fingerprint density at radius 3 is 2.21 bits per heavy atom. The van der Waals surface area contributed by atoms with Crippen LogP contribution in [-0.2, 0) is 10.2 Å². The molecule has 5 heterocycles. The van der Waals surface area contributed by atoms with Gasteiger partial charge in [0.2, 0.25) is 5.95 Å². The van der Waals surface area contributed by atoms with E-state index in [0.29, 0.717) is 49.5 Å². The van der Waals surface area contributed by atoms with Gasteiger partial charge in [0.25, 0.3) is 5.89 Å². The number of nitrogen functional groups attached to an aromatic ring is 1. The number of nitrogens with zero attached hydrogens (tertiary/aromatic N) is 9. The second-order valence-corrected chi connectivity index (χ2v) is 11.9. The maximum Gasteiger partial charge on any atom is 0.410 e. The summed E-state index contributed by atoms with van der Waals surface area (Å²) in [5, 5.41) is 4.38. The van der Waals surface area contributed by atoms with Crippen LogP contribution < -0.4 is 10.6 Å². The molecule has 1 amide bonds. The van der Waals surface area contributed by atoms with Crippen molar-refractivity contribution < 1.29 is 14.1 Å². The summed E-state index contributed by atoms with van der Waals surface area (Å²) in [6.45, 7) is 10.1. The molecule has 2 aliphatic rings. The molecule has 218 valence electrons. The molecule has 1 aliphatic heterocycles. The van der Waals surface area contributed by atoms with Crippen molar-refractivity contribution in [2.75, 3.05) is 36.8 Å². The maximum atomic E-state index is 12.4. The van der Waals surface area contributed by atoms with Gasteiger partial charge in [-0.25, -0.2) is 24.7 Å². The highest BCUT2D eigenvalue weighted by molar-refractivity contribution is 5.68. The molecular formula is C29H34N10O3. The monoisotopic (exact) mass is 570 g/mol. The number of nitrogens with two attached hydrogens (primary N) is 1. The highest BCUT2D eigenvalue weighted by Crippen LogP contribution is 2.50. The third-order valence-electron chi connectivity index (χ3n) is 7.73. The summed E-state index contributed by atoms with van der Waals surface area (Å²) in [5.74, 6) is 2.23. The van der Waals surface area contributed by atoms with Crippen LogP contribution in [0.25, 0.3) is 22.8 Å². The molecule has 4 aromatic rings. The molecular weight excluding hydrogens is 536 g/mol. The third kappa shape index (κ3) is 5.58. The molecule has 42 heavy (non-hydrogen) atoms. The van der Waals surface area contributed by atoms with E-state index in [4.69, 9.17) is 20.0 Å². The second-order valence-electron chi connectivity index (χ2n) is 11.9. The normalized spacial score (nSPS) is 17.1. The average molecular weight is 571 g/mol. The van der Waals surface area contributed by atoms with Gasteiger partial charge in [-0.05, 0) is 58.1 Å². The van der Waals surface area contributed by atoms with Gasteiger partial charge < -0.3 is 24.8 Å². The largest absolute Gasteiger partial charge is 0.444 e. The first-order valence-corrected chi connectivity index (χ1v) is 14.0. The number of piperazine rings is 1. The predicted molar refractivity (Wildman–Crippen MR) is 154 cm³/mol. The van der Waals surface area contributed by atoms with Gasteiger partial charge in [0, 0.05) is 50.3 Å².